The largest absolute Gasteiger partial charge is 0.445 e. The monoisotopic (exact) mass is 391 g/mol. The van der Waals surface area contributed by atoms with E-state index in [-0.39, 0.29) is 12.6 Å². The second kappa shape index (κ2) is 11.7. The van der Waals surface area contributed by atoms with Gasteiger partial charge < -0.3 is 20.1 Å². The molecule has 9 heteroatoms. The van der Waals surface area contributed by atoms with Gasteiger partial charge in [0, 0.05) is 23.2 Å². The number of carbonyl (C=O) groups is 2. The first-order chi connectivity index (χ1) is 13.2. The molecule has 0 saturated carbocycles. The van der Waals surface area contributed by atoms with Gasteiger partial charge in [0.1, 0.15) is 12.2 Å². The molecule has 1 unspecified atom stereocenters. The van der Waals surface area contributed by atoms with Crippen LogP contribution in [0.25, 0.3) is 10.4 Å². The number of unbranched alkanes of at least 4 members (excludes halogenated alkanes) is 1. The van der Waals surface area contributed by atoms with Crippen LogP contribution in [-0.2, 0) is 16.1 Å². The summed E-state index contributed by atoms with van der Waals surface area (Å²) in [5.74, 6) is 0. The molecule has 0 aliphatic heterocycles. The number of rotatable bonds is 9. The lowest BCUT2D eigenvalue weighted by Gasteiger charge is -2.21. The highest BCUT2D eigenvalue weighted by atomic mass is 16.6. The Morgan fingerprint density at radius 1 is 1.18 bits per heavy atom. The van der Waals surface area contributed by atoms with Gasteiger partial charge in [0.15, 0.2) is 0 Å². The number of hydrogen-bond donors (Lipinski definition) is 2. The maximum absolute atomic E-state index is 11.7. The summed E-state index contributed by atoms with van der Waals surface area (Å²) in [6.45, 7) is 8.01. The molecule has 2 amide bonds. The lowest BCUT2D eigenvalue weighted by atomic mass is 10.1. The average molecular weight is 391 g/mol. The topological polar surface area (TPSA) is 125 Å². The average Bonchev–Trinajstić information content (AvgIpc) is 2.59. The van der Waals surface area contributed by atoms with E-state index in [1.54, 1.807) is 24.3 Å². The standard InChI is InChI=1S/C19H29N5O4/c1-14(22-18(26)28-19(2,3)4)7-5-6-12-21-17(25)27-13-15-8-10-16(11-9-15)23-24-20/h8-11,14H,5-7,12-13H2,1-4H3,(H,21,25)(H,22,26). The van der Waals surface area contributed by atoms with Crippen LogP contribution in [0.5, 0.6) is 0 Å². The molecule has 0 radical (unpaired) electrons. The van der Waals surface area contributed by atoms with Crippen molar-refractivity contribution in [3.05, 3.63) is 40.3 Å². The van der Waals surface area contributed by atoms with E-state index in [4.69, 9.17) is 15.0 Å². The van der Waals surface area contributed by atoms with Crippen molar-refractivity contribution in [2.24, 2.45) is 5.11 Å². The van der Waals surface area contributed by atoms with Crippen molar-refractivity contribution in [1.82, 2.24) is 10.6 Å². The molecule has 0 heterocycles. The van der Waals surface area contributed by atoms with E-state index in [0.29, 0.717) is 12.2 Å². The minimum absolute atomic E-state index is 0.00450. The Hall–Kier alpha value is -2.93. The zero-order chi connectivity index (χ0) is 21.0. The van der Waals surface area contributed by atoms with Crippen LogP contribution >= 0.6 is 0 Å². The van der Waals surface area contributed by atoms with Gasteiger partial charge in [-0.2, -0.15) is 0 Å². The highest BCUT2D eigenvalue weighted by Crippen LogP contribution is 2.13. The maximum atomic E-state index is 11.7. The predicted molar refractivity (Wildman–Crippen MR) is 106 cm³/mol. The summed E-state index contributed by atoms with van der Waals surface area (Å²) < 4.78 is 10.3. The third-order valence-corrected chi connectivity index (χ3v) is 3.56. The molecule has 1 rings (SSSR count). The summed E-state index contributed by atoms with van der Waals surface area (Å²) in [6, 6.07) is 6.77. The van der Waals surface area contributed by atoms with Gasteiger partial charge in [-0.1, -0.05) is 29.4 Å². The molecule has 1 aromatic carbocycles. The van der Waals surface area contributed by atoms with E-state index >= 15 is 0 Å². The van der Waals surface area contributed by atoms with Crippen LogP contribution in [0.2, 0.25) is 0 Å². The van der Waals surface area contributed by atoms with Crippen LogP contribution in [0.4, 0.5) is 15.3 Å². The van der Waals surface area contributed by atoms with Crippen LogP contribution in [0, 0.1) is 0 Å². The quantitative estimate of drug-likeness (QED) is 0.268. The first kappa shape index (κ1) is 23.1. The van der Waals surface area contributed by atoms with Crippen molar-refractivity contribution in [3.8, 4) is 0 Å². The van der Waals surface area contributed by atoms with Gasteiger partial charge >= 0.3 is 12.2 Å². The molecule has 0 saturated heterocycles. The summed E-state index contributed by atoms with van der Waals surface area (Å²) in [6.07, 6.45) is 1.50. The van der Waals surface area contributed by atoms with E-state index in [1.807, 2.05) is 27.7 Å². The molecule has 0 aromatic heterocycles. The Morgan fingerprint density at radius 2 is 1.86 bits per heavy atom. The van der Waals surface area contributed by atoms with Crippen molar-refractivity contribution in [3.63, 3.8) is 0 Å². The van der Waals surface area contributed by atoms with Gasteiger partial charge in [0.2, 0.25) is 0 Å². The molecule has 1 aromatic rings. The number of carbonyl (C=O) groups excluding carboxylic acids is 2. The Morgan fingerprint density at radius 3 is 2.46 bits per heavy atom. The molecule has 1 atom stereocenters. The van der Waals surface area contributed by atoms with E-state index in [2.05, 4.69) is 20.7 Å². The highest BCUT2D eigenvalue weighted by molar-refractivity contribution is 5.68. The van der Waals surface area contributed by atoms with Crippen LogP contribution in [-0.4, -0.2) is 30.4 Å². The van der Waals surface area contributed by atoms with Gasteiger partial charge in [0.05, 0.1) is 0 Å². The highest BCUT2D eigenvalue weighted by Gasteiger charge is 2.17. The minimum Gasteiger partial charge on any atom is -0.445 e. The molecule has 0 aliphatic carbocycles. The minimum atomic E-state index is -0.513. The first-order valence-electron chi connectivity index (χ1n) is 9.24. The fraction of sp³-hybridized carbons (Fsp3) is 0.579. The van der Waals surface area contributed by atoms with Crippen molar-refractivity contribution in [2.45, 2.75) is 65.2 Å². The van der Waals surface area contributed by atoms with Crippen LogP contribution in [0.3, 0.4) is 0 Å². The third-order valence-electron chi connectivity index (χ3n) is 3.56. The fourth-order valence-corrected chi connectivity index (χ4v) is 2.26. The number of ether oxygens (including phenoxy) is 2. The molecule has 9 nitrogen and oxygen atoms in total. The van der Waals surface area contributed by atoms with Crippen molar-refractivity contribution in [2.75, 3.05) is 6.54 Å². The van der Waals surface area contributed by atoms with E-state index in [0.717, 1.165) is 24.8 Å². The lowest BCUT2D eigenvalue weighted by molar-refractivity contribution is 0.0506. The number of nitrogens with zero attached hydrogens (tertiary/aromatic N) is 3. The molecule has 2 N–H and O–H groups in total. The van der Waals surface area contributed by atoms with Gasteiger partial charge in [-0.25, -0.2) is 9.59 Å². The summed E-state index contributed by atoms with van der Waals surface area (Å²) in [7, 11) is 0. The molecule has 0 fully saturated rings. The van der Waals surface area contributed by atoms with E-state index in [1.165, 1.54) is 0 Å². The predicted octanol–water partition coefficient (Wildman–Crippen LogP) is 4.94. The number of azide groups is 1. The van der Waals surface area contributed by atoms with Crippen LogP contribution in [0.15, 0.2) is 29.4 Å². The van der Waals surface area contributed by atoms with Gasteiger partial charge in [-0.3, -0.25) is 0 Å². The SMILES string of the molecule is CC(CCCCNC(=O)OCc1ccc(N=[N+]=[N-])cc1)NC(=O)OC(C)(C)C. The van der Waals surface area contributed by atoms with Crippen LogP contribution < -0.4 is 10.6 Å². The molecule has 0 spiro atoms. The molecule has 0 bridgehead atoms. The van der Waals surface area contributed by atoms with Gasteiger partial charge in [-0.15, -0.1) is 0 Å². The fourth-order valence-electron chi connectivity index (χ4n) is 2.26. The second-order valence-corrected chi connectivity index (χ2v) is 7.40. The number of nitrogens with one attached hydrogen (secondary N) is 2. The number of hydrogen-bond acceptors (Lipinski definition) is 5. The second-order valence-electron chi connectivity index (χ2n) is 7.40. The summed E-state index contributed by atoms with van der Waals surface area (Å²) >= 11 is 0. The molecular weight excluding hydrogens is 362 g/mol. The Kier molecular flexibility index (Phi) is 9.67. The Labute approximate surface area is 165 Å². The molecular formula is C19H29N5O4. The first-order valence-corrected chi connectivity index (χ1v) is 9.24. The van der Waals surface area contributed by atoms with Crippen molar-refractivity contribution >= 4 is 17.9 Å². The van der Waals surface area contributed by atoms with Gasteiger partial charge in [0.25, 0.3) is 0 Å². The van der Waals surface area contributed by atoms with Crippen molar-refractivity contribution in [1.29, 1.82) is 0 Å². The van der Waals surface area contributed by atoms with E-state index < -0.39 is 17.8 Å². The molecule has 28 heavy (non-hydrogen) atoms. The molecule has 0 aliphatic rings. The normalized spacial score (nSPS) is 11.7. The summed E-state index contributed by atoms with van der Waals surface area (Å²) in [4.78, 5) is 26.0. The maximum Gasteiger partial charge on any atom is 0.407 e. The zero-order valence-corrected chi connectivity index (χ0v) is 16.9. The Bertz CT molecular complexity index is 679. The zero-order valence-electron chi connectivity index (χ0n) is 16.9. The molecule has 154 valence electrons. The van der Waals surface area contributed by atoms with Gasteiger partial charge in [-0.05, 0) is 58.1 Å². The van der Waals surface area contributed by atoms with Crippen molar-refractivity contribution < 1.29 is 19.1 Å². The number of amides is 2. The summed E-state index contributed by atoms with van der Waals surface area (Å²) in [5, 5.41) is 8.95. The Balaban J connectivity index is 2.13. The number of benzene rings is 1. The van der Waals surface area contributed by atoms with E-state index in [9.17, 15) is 9.59 Å². The lowest BCUT2D eigenvalue weighted by Crippen LogP contribution is -2.37. The third kappa shape index (κ3) is 10.9. The smallest absolute Gasteiger partial charge is 0.407 e. The number of alkyl carbamates (subject to hydrolysis) is 2. The summed E-state index contributed by atoms with van der Waals surface area (Å²) in [5.41, 5.74) is 9.14. The van der Waals surface area contributed by atoms with Crippen LogP contribution in [0.1, 0.15) is 52.5 Å².